The van der Waals surface area contributed by atoms with Gasteiger partial charge in [-0.1, -0.05) is 11.6 Å². The summed E-state index contributed by atoms with van der Waals surface area (Å²) in [6, 6.07) is 12.2. The standard InChI is InChI=1S/C23H23N5O3/c1-14-4-9-21-20(12-14)17(13-25-21)10-11-24-15(2)22-16(3)26-27(23(22)29)18-5-7-19(8-6-18)28(30)31/h4-9,12-13,25-26H,10-11H2,1-3H3. The summed E-state index contributed by atoms with van der Waals surface area (Å²) in [7, 11) is 0. The van der Waals surface area contributed by atoms with Gasteiger partial charge in [-0.2, -0.15) is 0 Å². The summed E-state index contributed by atoms with van der Waals surface area (Å²) in [6.45, 7) is 6.29. The topological polar surface area (TPSA) is 109 Å². The van der Waals surface area contributed by atoms with Crippen molar-refractivity contribution < 1.29 is 4.92 Å². The SMILES string of the molecule is CC(=NCCc1c[nH]c2ccc(C)cc12)c1c(C)[nH]n(-c2ccc([N+](=O)[O-])cc2)c1=O. The molecule has 0 saturated heterocycles. The van der Waals surface area contributed by atoms with Crippen LogP contribution in [0.2, 0.25) is 0 Å². The van der Waals surface area contributed by atoms with Crippen molar-refractivity contribution in [2.24, 2.45) is 4.99 Å². The summed E-state index contributed by atoms with van der Waals surface area (Å²) in [6.07, 6.45) is 2.78. The molecule has 0 fully saturated rings. The van der Waals surface area contributed by atoms with Crippen LogP contribution in [0.3, 0.4) is 0 Å². The maximum Gasteiger partial charge on any atom is 0.280 e. The first-order valence-corrected chi connectivity index (χ1v) is 9.99. The van der Waals surface area contributed by atoms with Crippen molar-refractivity contribution in [2.45, 2.75) is 27.2 Å². The van der Waals surface area contributed by atoms with Crippen molar-refractivity contribution in [3.05, 3.63) is 91.5 Å². The molecular weight excluding hydrogens is 394 g/mol. The number of benzene rings is 2. The maximum absolute atomic E-state index is 13.0. The largest absolute Gasteiger partial charge is 0.361 e. The number of aryl methyl sites for hydroxylation is 2. The van der Waals surface area contributed by atoms with E-state index in [-0.39, 0.29) is 11.2 Å². The lowest BCUT2D eigenvalue weighted by atomic mass is 10.1. The number of aromatic nitrogens is 3. The molecule has 0 aliphatic heterocycles. The van der Waals surface area contributed by atoms with Crippen LogP contribution >= 0.6 is 0 Å². The number of hydrogen-bond acceptors (Lipinski definition) is 4. The van der Waals surface area contributed by atoms with Gasteiger partial charge in [0.2, 0.25) is 0 Å². The van der Waals surface area contributed by atoms with Gasteiger partial charge in [-0.05, 0) is 57.0 Å². The second-order valence-corrected chi connectivity index (χ2v) is 7.61. The Kier molecular flexibility index (Phi) is 5.29. The summed E-state index contributed by atoms with van der Waals surface area (Å²) in [4.78, 5) is 31.3. The monoisotopic (exact) mass is 417 g/mol. The van der Waals surface area contributed by atoms with Gasteiger partial charge in [0, 0.05) is 47.2 Å². The lowest BCUT2D eigenvalue weighted by Gasteiger charge is -2.01. The minimum atomic E-state index is -0.468. The average Bonchev–Trinajstić information content (AvgIpc) is 3.27. The Morgan fingerprint density at radius 3 is 2.61 bits per heavy atom. The Balaban J connectivity index is 1.56. The third-order valence-corrected chi connectivity index (χ3v) is 5.41. The third kappa shape index (κ3) is 3.92. The molecule has 0 saturated carbocycles. The molecule has 0 spiro atoms. The fourth-order valence-electron chi connectivity index (χ4n) is 3.80. The summed E-state index contributed by atoms with van der Waals surface area (Å²) in [5.41, 5.74) is 5.68. The van der Waals surface area contributed by atoms with E-state index >= 15 is 0 Å². The molecule has 0 aliphatic carbocycles. The van der Waals surface area contributed by atoms with Crippen LogP contribution in [0.1, 0.15) is 29.3 Å². The van der Waals surface area contributed by atoms with Gasteiger partial charge in [-0.15, -0.1) is 0 Å². The number of non-ortho nitro benzene ring substituents is 1. The van der Waals surface area contributed by atoms with E-state index in [2.05, 4.69) is 40.2 Å². The zero-order chi connectivity index (χ0) is 22.1. The van der Waals surface area contributed by atoms with Crippen molar-refractivity contribution in [2.75, 3.05) is 6.54 Å². The van der Waals surface area contributed by atoms with Gasteiger partial charge in [-0.3, -0.25) is 25.0 Å². The zero-order valence-electron chi connectivity index (χ0n) is 17.6. The smallest absolute Gasteiger partial charge is 0.280 e. The van der Waals surface area contributed by atoms with Gasteiger partial charge in [0.15, 0.2) is 0 Å². The van der Waals surface area contributed by atoms with Gasteiger partial charge in [0.25, 0.3) is 11.2 Å². The molecule has 0 radical (unpaired) electrons. The number of hydrogen-bond donors (Lipinski definition) is 2. The summed E-state index contributed by atoms with van der Waals surface area (Å²) >= 11 is 0. The first-order valence-electron chi connectivity index (χ1n) is 9.99. The zero-order valence-corrected chi connectivity index (χ0v) is 17.6. The Morgan fingerprint density at radius 2 is 1.90 bits per heavy atom. The summed E-state index contributed by atoms with van der Waals surface area (Å²) < 4.78 is 1.38. The number of aromatic amines is 2. The summed E-state index contributed by atoms with van der Waals surface area (Å²) in [5.74, 6) is 0. The highest BCUT2D eigenvalue weighted by Gasteiger charge is 2.16. The van der Waals surface area contributed by atoms with Crippen LogP contribution in [-0.2, 0) is 6.42 Å². The van der Waals surface area contributed by atoms with Crippen molar-refractivity contribution >= 4 is 22.3 Å². The summed E-state index contributed by atoms with van der Waals surface area (Å²) in [5, 5.41) is 15.1. The fourth-order valence-corrected chi connectivity index (χ4v) is 3.80. The Morgan fingerprint density at radius 1 is 1.16 bits per heavy atom. The molecule has 8 nitrogen and oxygen atoms in total. The predicted octanol–water partition coefficient (Wildman–Crippen LogP) is 4.22. The van der Waals surface area contributed by atoms with Gasteiger partial charge in [0.05, 0.1) is 16.2 Å². The van der Waals surface area contributed by atoms with E-state index in [0.29, 0.717) is 29.2 Å². The molecule has 4 rings (SSSR count). The van der Waals surface area contributed by atoms with Crippen LogP contribution in [0, 0.1) is 24.0 Å². The van der Waals surface area contributed by atoms with Crippen LogP contribution in [0.4, 0.5) is 5.69 Å². The highest BCUT2D eigenvalue weighted by atomic mass is 16.6. The quantitative estimate of drug-likeness (QED) is 0.278. The molecule has 8 heteroatoms. The van der Waals surface area contributed by atoms with E-state index in [4.69, 9.17) is 0 Å². The van der Waals surface area contributed by atoms with Crippen molar-refractivity contribution in [1.29, 1.82) is 0 Å². The number of rotatable bonds is 6. The lowest BCUT2D eigenvalue weighted by Crippen LogP contribution is -2.20. The molecule has 0 bridgehead atoms. The number of nitrogens with zero attached hydrogens (tertiary/aromatic N) is 3. The van der Waals surface area contributed by atoms with Crippen molar-refractivity contribution in [3.8, 4) is 5.69 Å². The highest BCUT2D eigenvalue weighted by Crippen LogP contribution is 2.20. The van der Waals surface area contributed by atoms with E-state index in [9.17, 15) is 14.9 Å². The Labute approximate surface area is 178 Å². The average molecular weight is 417 g/mol. The molecule has 4 aromatic rings. The Hall–Kier alpha value is -3.94. The minimum Gasteiger partial charge on any atom is -0.361 e. The van der Waals surface area contributed by atoms with Crippen LogP contribution < -0.4 is 5.56 Å². The molecule has 2 heterocycles. The van der Waals surface area contributed by atoms with E-state index in [1.807, 2.05) is 20.0 Å². The second kappa shape index (κ2) is 8.06. The number of fused-ring (bicyclic) bond motifs is 1. The number of nitrogens with one attached hydrogen (secondary N) is 2. The predicted molar refractivity (Wildman–Crippen MR) is 122 cm³/mol. The van der Waals surface area contributed by atoms with E-state index in [1.165, 1.54) is 33.3 Å². The molecule has 2 N–H and O–H groups in total. The molecule has 31 heavy (non-hydrogen) atoms. The molecular formula is C23H23N5O3. The number of aliphatic imine (C=N–C) groups is 1. The van der Waals surface area contributed by atoms with Gasteiger partial charge >= 0.3 is 0 Å². The molecule has 2 aromatic carbocycles. The second-order valence-electron chi connectivity index (χ2n) is 7.61. The van der Waals surface area contributed by atoms with Gasteiger partial charge in [0.1, 0.15) is 0 Å². The van der Waals surface area contributed by atoms with E-state index in [0.717, 1.165) is 11.9 Å². The van der Waals surface area contributed by atoms with Crippen LogP contribution in [0.15, 0.2) is 58.4 Å². The van der Waals surface area contributed by atoms with Crippen LogP contribution in [0.25, 0.3) is 16.6 Å². The highest BCUT2D eigenvalue weighted by molar-refractivity contribution is 5.99. The molecule has 0 atom stereocenters. The minimum absolute atomic E-state index is 0.0227. The third-order valence-electron chi connectivity index (χ3n) is 5.41. The number of nitro groups is 1. The molecule has 2 aromatic heterocycles. The maximum atomic E-state index is 13.0. The van der Waals surface area contributed by atoms with Crippen molar-refractivity contribution in [3.63, 3.8) is 0 Å². The number of nitro benzene ring substituents is 1. The van der Waals surface area contributed by atoms with Crippen LogP contribution in [0.5, 0.6) is 0 Å². The first kappa shape index (κ1) is 20.3. The lowest BCUT2D eigenvalue weighted by molar-refractivity contribution is -0.384. The normalized spacial score (nSPS) is 11.9. The molecule has 158 valence electrons. The molecule has 0 unspecified atom stereocenters. The van der Waals surface area contributed by atoms with Crippen molar-refractivity contribution in [1.82, 2.24) is 14.8 Å². The van der Waals surface area contributed by atoms with E-state index < -0.39 is 4.92 Å². The Bertz CT molecular complexity index is 1360. The number of H-pyrrole nitrogens is 2. The molecule has 0 aliphatic rings. The van der Waals surface area contributed by atoms with Gasteiger partial charge in [-0.25, -0.2) is 4.68 Å². The van der Waals surface area contributed by atoms with Crippen LogP contribution in [-0.4, -0.2) is 31.9 Å². The molecule has 0 amide bonds. The fraction of sp³-hybridized carbons (Fsp3) is 0.217. The first-order chi connectivity index (χ1) is 14.8. The van der Waals surface area contributed by atoms with Gasteiger partial charge < -0.3 is 4.98 Å². The van der Waals surface area contributed by atoms with E-state index in [1.54, 1.807) is 12.1 Å².